The van der Waals surface area contributed by atoms with Crippen LogP contribution in [0.15, 0.2) is 0 Å². The molecule has 7 heteroatoms. The van der Waals surface area contributed by atoms with Crippen LogP contribution >= 0.6 is 15.9 Å². The van der Waals surface area contributed by atoms with Crippen LogP contribution < -0.4 is 0 Å². The molecule has 6 nitrogen and oxygen atoms in total. The predicted molar refractivity (Wildman–Crippen MR) is 55.9 cm³/mol. The van der Waals surface area contributed by atoms with Crippen molar-refractivity contribution in [2.45, 2.75) is 18.4 Å². The van der Waals surface area contributed by atoms with E-state index in [1.54, 1.807) is 0 Å². The summed E-state index contributed by atoms with van der Waals surface area (Å²) in [7, 11) is 1.50. The van der Waals surface area contributed by atoms with E-state index in [2.05, 4.69) is 15.9 Å². The largest absolute Gasteiger partial charge is 0.461 e. The van der Waals surface area contributed by atoms with E-state index in [0.717, 1.165) is 0 Å². The summed E-state index contributed by atoms with van der Waals surface area (Å²) in [6.45, 7) is 0.423. The molecule has 2 aliphatic rings. The van der Waals surface area contributed by atoms with Crippen LogP contribution in [0.1, 0.15) is 0 Å². The molecule has 2 fully saturated rings. The number of fused-ring (bicyclic) bond motifs is 1. The maximum atomic E-state index is 11.7. The summed E-state index contributed by atoms with van der Waals surface area (Å²) in [4.78, 5) is 24.6. The first-order chi connectivity index (χ1) is 7.67. The van der Waals surface area contributed by atoms with Gasteiger partial charge in [-0.15, -0.1) is 0 Å². The Balaban J connectivity index is 2.18. The second kappa shape index (κ2) is 4.68. The van der Waals surface area contributed by atoms with E-state index in [4.69, 9.17) is 14.2 Å². The van der Waals surface area contributed by atoms with Gasteiger partial charge in [0.25, 0.3) is 0 Å². The van der Waals surface area contributed by atoms with Crippen molar-refractivity contribution < 1.29 is 23.8 Å². The minimum atomic E-state index is -0.628. The molecule has 2 heterocycles. The van der Waals surface area contributed by atoms with Crippen LogP contribution in [0, 0.1) is 0 Å². The van der Waals surface area contributed by atoms with Crippen LogP contribution in [-0.4, -0.2) is 60.8 Å². The Hall–Kier alpha value is -0.660. The van der Waals surface area contributed by atoms with Gasteiger partial charge in [0.05, 0.1) is 11.9 Å². The lowest BCUT2D eigenvalue weighted by molar-refractivity contribution is -0.208. The van der Waals surface area contributed by atoms with Gasteiger partial charge in [-0.05, 0) is 0 Å². The summed E-state index contributed by atoms with van der Waals surface area (Å²) < 4.78 is 15.4. The van der Waals surface area contributed by atoms with Crippen LogP contribution in [0.2, 0.25) is 0 Å². The SMILES string of the molecule is CO[C@@H]1CN(C(=O)CBr)[C@H]2C(=O)OCC2O1. The van der Waals surface area contributed by atoms with Gasteiger partial charge in [-0.1, -0.05) is 15.9 Å². The van der Waals surface area contributed by atoms with Crippen molar-refractivity contribution in [1.82, 2.24) is 4.90 Å². The third kappa shape index (κ3) is 1.94. The lowest BCUT2D eigenvalue weighted by Gasteiger charge is -2.38. The van der Waals surface area contributed by atoms with E-state index >= 15 is 0 Å². The number of methoxy groups -OCH3 is 1. The Kier molecular flexibility index (Phi) is 3.46. The van der Waals surface area contributed by atoms with Gasteiger partial charge in [0.1, 0.15) is 12.7 Å². The summed E-state index contributed by atoms with van der Waals surface area (Å²) in [5.74, 6) is -0.576. The molecule has 0 aromatic rings. The molecule has 2 aliphatic heterocycles. The topological polar surface area (TPSA) is 65.1 Å². The van der Waals surface area contributed by atoms with Gasteiger partial charge in [0, 0.05) is 7.11 Å². The number of ether oxygens (including phenoxy) is 3. The van der Waals surface area contributed by atoms with Crippen molar-refractivity contribution in [2.75, 3.05) is 25.6 Å². The van der Waals surface area contributed by atoms with Gasteiger partial charge in [-0.25, -0.2) is 4.79 Å². The zero-order valence-corrected chi connectivity index (χ0v) is 10.3. The van der Waals surface area contributed by atoms with Gasteiger partial charge < -0.3 is 19.1 Å². The number of rotatable bonds is 2. The number of morpholine rings is 1. The Morgan fingerprint density at radius 1 is 1.69 bits per heavy atom. The van der Waals surface area contributed by atoms with E-state index in [0.29, 0.717) is 0 Å². The molecule has 1 unspecified atom stereocenters. The Bertz CT molecular complexity index is 310. The molecule has 0 radical (unpaired) electrons. The lowest BCUT2D eigenvalue weighted by Crippen LogP contribution is -2.58. The molecule has 0 bridgehead atoms. The molecule has 1 amide bonds. The zero-order chi connectivity index (χ0) is 11.7. The molecule has 2 saturated heterocycles. The highest BCUT2D eigenvalue weighted by Gasteiger charge is 2.48. The first-order valence-corrected chi connectivity index (χ1v) is 6.00. The van der Waals surface area contributed by atoms with Crippen LogP contribution in [0.4, 0.5) is 0 Å². The highest BCUT2D eigenvalue weighted by atomic mass is 79.9. The molecular formula is C9H12BrNO5. The van der Waals surface area contributed by atoms with Crippen LogP contribution in [0.25, 0.3) is 0 Å². The number of halogens is 1. The van der Waals surface area contributed by atoms with E-state index in [1.807, 2.05) is 0 Å². The molecule has 3 atom stereocenters. The molecule has 90 valence electrons. The number of hydrogen-bond acceptors (Lipinski definition) is 5. The lowest BCUT2D eigenvalue weighted by atomic mass is 10.1. The first-order valence-electron chi connectivity index (χ1n) is 4.87. The second-order valence-corrected chi connectivity index (χ2v) is 4.16. The molecule has 0 aliphatic carbocycles. The predicted octanol–water partition coefficient (Wildman–Crippen LogP) is -0.493. The molecule has 2 rings (SSSR count). The Labute approximate surface area is 101 Å². The van der Waals surface area contributed by atoms with Crippen LogP contribution in [0.5, 0.6) is 0 Å². The van der Waals surface area contributed by atoms with Crippen molar-refractivity contribution in [3.63, 3.8) is 0 Å². The average Bonchev–Trinajstić information content (AvgIpc) is 2.69. The molecule has 16 heavy (non-hydrogen) atoms. The monoisotopic (exact) mass is 293 g/mol. The fraction of sp³-hybridized carbons (Fsp3) is 0.778. The average molecular weight is 294 g/mol. The second-order valence-electron chi connectivity index (χ2n) is 3.59. The van der Waals surface area contributed by atoms with Crippen molar-refractivity contribution in [1.29, 1.82) is 0 Å². The minimum Gasteiger partial charge on any atom is -0.461 e. The zero-order valence-electron chi connectivity index (χ0n) is 8.72. The number of carbonyl (C=O) groups is 2. The first kappa shape index (κ1) is 11.8. The summed E-state index contributed by atoms with van der Waals surface area (Å²) in [5, 5.41) is 0.167. The van der Waals surface area contributed by atoms with E-state index in [9.17, 15) is 9.59 Å². The molecule has 0 spiro atoms. The third-order valence-electron chi connectivity index (χ3n) is 2.69. The quantitative estimate of drug-likeness (QED) is 0.508. The number of alkyl halides is 1. The van der Waals surface area contributed by atoms with Gasteiger partial charge in [-0.3, -0.25) is 4.79 Å². The fourth-order valence-electron chi connectivity index (χ4n) is 1.91. The number of nitrogens with zero attached hydrogens (tertiary/aromatic N) is 1. The Morgan fingerprint density at radius 3 is 3.06 bits per heavy atom. The highest BCUT2D eigenvalue weighted by Crippen LogP contribution is 2.25. The standard InChI is InChI=1S/C9H12BrNO5/c1-14-7-3-11(6(12)2-10)8-5(16-7)4-15-9(8)13/h5,7-8H,2-4H2,1H3/t5?,7-,8+/m0/s1. The van der Waals surface area contributed by atoms with E-state index in [-0.39, 0.29) is 24.4 Å². The summed E-state index contributed by atoms with van der Waals surface area (Å²) in [6, 6.07) is -0.628. The number of hydrogen-bond donors (Lipinski definition) is 0. The van der Waals surface area contributed by atoms with E-state index < -0.39 is 24.4 Å². The van der Waals surface area contributed by atoms with Gasteiger partial charge in [-0.2, -0.15) is 0 Å². The number of carbonyl (C=O) groups excluding carboxylic acids is 2. The van der Waals surface area contributed by atoms with E-state index in [1.165, 1.54) is 12.0 Å². The number of amides is 1. The van der Waals surface area contributed by atoms with Crippen molar-refractivity contribution >= 4 is 27.8 Å². The van der Waals surface area contributed by atoms with Crippen molar-refractivity contribution in [3.05, 3.63) is 0 Å². The molecular weight excluding hydrogens is 282 g/mol. The summed E-state index contributed by atoms with van der Waals surface area (Å²) >= 11 is 3.08. The molecule has 0 saturated carbocycles. The van der Waals surface area contributed by atoms with Gasteiger partial charge in [0.15, 0.2) is 12.3 Å². The maximum Gasteiger partial charge on any atom is 0.331 e. The Morgan fingerprint density at radius 2 is 2.44 bits per heavy atom. The normalized spacial score (nSPS) is 33.5. The third-order valence-corrected chi connectivity index (χ3v) is 3.17. The van der Waals surface area contributed by atoms with Gasteiger partial charge in [0.2, 0.25) is 5.91 Å². The minimum absolute atomic E-state index is 0.167. The van der Waals surface area contributed by atoms with Crippen molar-refractivity contribution in [2.24, 2.45) is 0 Å². The number of esters is 1. The van der Waals surface area contributed by atoms with Crippen molar-refractivity contribution in [3.8, 4) is 0 Å². The summed E-state index contributed by atoms with van der Waals surface area (Å²) in [6.07, 6.45) is -0.923. The molecule has 0 N–H and O–H groups in total. The van der Waals surface area contributed by atoms with Crippen LogP contribution in [-0.2, 0) is 23.8 Å². The van der Waals surface area contributed by atoms with Gasteiger partial charge >= 0.3 is 5.97 Å². The molecule has 0 aromatic carbocycles. The number of cyclic esters (lactones) is 1. The fourth-order valence-corrected chi connectivity index (χ4v) is 2.23. The smallest absolute Gasteiger partial charge is 0.331 e. The van der Waals surface area contributed by atoms with Crippen LogP contribution in [0.3, 0.4) is 0 Å². The molecule has 0 aromatic heterocycles. The summed E-state index contributed by atoms with van der Waals surface area (Å²) in [5.41, 5.74) is 0. The maximum absolute atomic E-state index is 11.7. The highest BCUT2D eigenvalue weighted by molar-refractivity contribution is 9.09.